The second kappa shape index (κ2) is 10.6. The van der Waals surface area contributed by atoms with Crippen LogP contribution < -0.4 is 4.90 Å². The van der Waals surface area contributed by atoms with Crippen molar-refractivity contribution >= 4 is 23.3 Å². The van der Waals surface area contributed by atoms with E-state index in [2.05, 4.69) is 23.8 Å². The van der Waals surface area contributed by atoms with E-state index in [0.29, 0.717) is 29.4 Å². The van der Waals surface area contributed by atoms with Gasteiger partial charge in [-0.2, -0.15) is 5.10 Å². The first kappa shape index (κ1) is 24.2. The minimum atomic E-state index is -0.307. The highest BCUT2D eigenvalue weighted by atomic mass is 35.5. The minimum Gasteiger partial charge on any atom is -0.354 e. The van der Waals surface area contributed by atoms with Crippen molar-refractivity contribution in [1.29, 1.82) is 0 Å². The minimum absolute atomic E-state index is 0.102. The zero-order valence-electron chi connectivity index (χ0n) is 20.0. The number of carbonyl (C=O) groups excluding carboxylic acids is 1. The van der Waals surface area contributed by atoms with Gasteiger partial charge in [0.25, 0.3) is 5.91 Å². The lowest BCUT2D eigenvalue weighted by molar-refractivity contribution is 0.0743. The third-order valence-corrected chi connectivity index (χ3v) is 6.58. The molecule has 0 atom stereocenters. The molecule has 1 saturated heterocycles. The van der Waals surface area contributed by atoms with Gasteiger partial charge in [0.1, 0.15) is 11.6 Å². The smallest absolute Gasteiger partial charge is 0.255 e. The number of rotatable bonds is 7. The number of benzene rings is 2. The van der Waals surface area contributed by atoms with Crippen LogP contribution in [0, 0.1) is 12.7 Å². The molecule has 6 nitrogen and oxygen atoms in total. The van der Waals surface area contributed by atoms with Crippen molar-refractivity contribution in [2.24, 2.45) is 0 Å². The lowest BCUT2D eigenvalue weighted by Crippen LogP contribution is -2.45. The molecule has 1 aliphatic heterocycles. The second-order valence-corrected chi connectivity index (χ2v) is 9.18. The monoisotopic (exact) mass is 483 g/mol. The average Bonchev–Trinajstić information content (AvgIpc) is 3.15. The molecule has 8 heteroatoms. The standard InChI is InChI=1S/C26H31ClFN5O/c1-4-12-32(26(34)22-10-5-6-11-24(22)27)18-23-19(2)29-33(21-9-7-8-20(28)17-21)25(23)31-15-13-30(3)14-16-31/h5-11,17H,4,12-16,18H2,1-3H3. The fraction of sp³-hybridized carbons (Fsp3) is 0.385. The number of hydrogen-bond acceptors (Lipinski definition) is 4. The van der Waals surface area contributed by atoms with Gasteiger partial charge in [0, 0.05) is 38.3 Å². The number of aromatic nitrogens is 2. The Labute approximate surface area is 205 Å². The molecule has 0 aliphatic carbocycles. The molecule has 3 aromatic rings. The molecule has 180 valence electrons. The first-order valence-electron chi connectivity index (χ1n) is 11.7. The molecule has 0 bridgehead atoms. The van der Waals surface area contributed by atoms with E-state index in [0.717, 1.165) is 49.7 Å². The zero-order valence-corrected chi connectivity index (χ0v) is 20.7. The predicted molar refractivity (Wildman–Crippen MR) is 134 cm³/mol. The molecule has 1 amide bonds. The largest absolute Gasteiger partial charge is 0.354 e. The molecule has 1 aliphatic rings. The third kappa shape index (κ3) is 5.10. The molecule has 2 heterocycles. The quantitative estimate of drug-likeness (QED) is 0.485. The first-order valence-corrected chi connectivity index (χ1v) is 12.1. The van der Waals surface area contributed by atoms with Crippen LogP contribution in [0.4, 0.5) is 10.2 Å². The van der Waals surface area contributed by atoms with E-state index in [-0.39, 0.29) is 11.7 Å². The maximum Gasteiger partial charge on any atom is 0.255 e. The number of likely N-dealkylation sites (N-methyl/N-ethyl adjacent to an activating group) is 1. The molecule has 0 radical (unpaired) electrons. The van der Waals surface area contributed by atoms with Crippen molar-refractivity contribution in [3.8, 4) is 5.69 Å². The summed E-state index contributed by atoms with van der Waals surface area (Å²) in [7, 11) is 2.11. The number of halogens is 2. The molecule has 2 aromatic carbocycles. The highest BCUT2D eigenvalue weighted by Crippen LogP contribution is 2.30. The zero-order chi connectivity index (χ0) is 24.2. The second-order valence-electron chi connectivity index (χ2n) is 8.78. The van der Waals surface area contributed by atoms with E-state index in [4.69, 9.17) is 16.7 Å². The third-order valence-electron chi connectivity index (χ3n) is 6.25. The summed E-state index contributed by atoms with van der Waals surface area (Å²) < 4.78 is 15.9. The van der Waals surface area contributed by atoms with Crippen molar-refractivity contribution in [3.63, 3.8) is 0 Å². The summed E-state index contributed by atoms with van der Waals surface area (Å²) in [5.74, 6) is 0.511. The number of carbonyl (C=O) groups is 1. The number of amides is 1. The fourth-order valence-electron chi connectivity index (χ4n) is 4.38. The molecule has 1 aromatic heterocycles. The van der Waals surface area contributed by atoms with Gasteiger partial charge in [0.2, 0.25) is 0 Å². The molecule has 34 heavy (non-hydrogen) atoms. The van der Waals surface area contributed by atoms with Crippen LogP contribution in [0.5, 0.6) is 0 Å². The summed E-state index contributed by atoms with van der Waals surface area (Å²) in [6.45, 7) is 8.50. The van der Waals surface area contributed by atoms with Crippen LogP contribution in [-0.2, 0) is 6.54 Å². The Bertz CT molecular complexity index is 1160. The van der Waals surface area contributed by atoms with Crippen molar-refractivity contribution < 1.29 is 9.18 Å². The van der Waals surface area contributed by atoms with Gasteiger partial charge in [0.05, 0.1) is 28.5 Å². The van der Waals surface area contributed by atoms with Crippen LogP contribution in [0.15, 0.2) is 48.5 Å². The van der Waals surface area contributed by atoms with Gasteiger partial charge in [-0.3, -0.25) is 4.79 Å². The van der Waals surface area contributed by atoms with E-state index in [1.54, 1.807) is 18.2 Å². The molecule has 0 unspecified atom stereocenters. The van der Waals surface area contributed by atoms with E-state index in [1.807, 2.05) is 34.7 Å². The Kier molecular flexibility index (Phi) is 7.54. The summed E-state index contributed by atoms with van der Waals surface area (Å²) in [6, 6.07) is 13.6. The number of anilines is 1. The molecular weight excluding hydrogens is 453 g/mol. The molecule has 4 rings (SSSR count). The van der Waals surface area contributed by atoms with Crippen LogP contribution in [0.1, 0.15) is 35.0 Å². The molecule has 0 saturated carbocycles. The van der Waals surface area contributed by atoms with Crippen LogP contribution in [-0.4, -0.2) is 65.3 Å². The normalized spacial score (nSPS) is 14.4. The maximum absolute atomic E-state index is 14.1. The average molecular weight is 484 g/mol. The van der Waals surface area contributed by atoms with Crippen molar-refractivity contribution in [3.05, 3.63) is 76.2 Å². The Hall–Kier alpha value is -2.90. The molecule has 0 spiro atoms. The number of aryl methyl sites for hydroxylation is 1. The van der Waals surface area contributed by atoms with Gasteiger partial charge < -0.3 is 14.7 Å². The summed E-state index contributed by atoms with van der Waals surface area (Å²) >= 11 is 6.35. The van der Waals surface area contributed by atoms with Crippen LogP contribution in [0.25, 0.3) is 5.69 Å². The summed E-state index contributed by atoms with van der Waals surface area (Å²) in [4.78, 5) is 19.9. The maximum atomic E-state index is 14.1. The van der Waals surface area contributed by atoms with E-state index < -0.39 is 0 Å². The van der Waals surface area contributed by atoms with Crippen molar-refractivity contribution in [2.75, 3.05) is 44.7 Å². The predicted octanol–water partition coefficient (Wildman–Crippen LogP) is 4.78. The summed E-state index contributed by atoms with van der Waals surface area (Å²) in [6.07, 6.45) is 0.817. The lowest BCUT2D eigenvalue weighted by atomic mass is 10.1. The topological polar surface area (TPSA) is 44.6 Å². The van der Waals surface area contributed by atoms with E-state index >= 15 is 0 Å². The van der Waals surface area contributed by atoms with Crippen molar-refractivity contribution in [2.45, 2.75) is 26.8 Å². The number of nitrogens with zero attached hydrogens (tertiary/aromatic N) is 5. The first-order chi connectivity index (χ1) is 16.4. The van der Waals surface area contributed by atoms with E-state index in [9.17, 15) is 9.18 Å². The number of hydrogen-bond donors (Lipinski definition) is 0. The number of piperazine rings is 1. The van der Waals surface area contributed by atoms with Crippen molar-refractivity contribution in [1.82, 2.24) is 19.6 Å². The highest BCUT2D eigenvalue weighted by molar-refractivity contribution is 6.33. The van der Waals surface area contributed by atoms with Gasteiger partial charge in [-0.15, -0.1) is 0 Å². The van der Waals surface area contributed by atoms with Crippen LogP contribution >= 0.6 is 11.6 Å². The van der Waals surface area contributed by atoms with Gasteiger partial charge in [-0.25, -0.2) is 9.07 Å². The Morgan fingerprint density at radius 1 is 1.12 bits per heavy atom. The van der Waals surface area contributed by atoms with Gasteiger partial charge in [0.15, 0.2) is 0 Å². The summed E-state index contributed by atoms with van der Waals surface area (Å²) in [5, 5.41) is 5.25. The van der Waals surface area contributed by atoms with Gasteiger partial charge in [-0.05, 0) is 50.7 Å². The van der Waals surface area contributed by atoms with Crippen LogP contribution in [0.2, 0.25) is 5.02 Å². The Morgan fingerprint density at radius 3 is 2.53 bits per heavy atom. The Balaban J connectivity index is 1.76. The summed E-state index contributed by atoms with van der Waals surface area (Å²) in [5.41, 5.74) is 2.96. The fourth-order valence-corrected chi connectivity index (χ4v) is 4.60. The van der Waals surface area contributed by atoms with Gasteiger partial charge in [-0.1, -0.05) is 36.7 Å². The molecule has 1 fully saturated rings. The molecular formula is C26H31ClFN5O. The van der Waals surface area contributed by atoms with Gasteiger partial charge >= 0.3 is 0 Å². The Morgan fingerprint density at radius 2 is 1.85 bits per heavy atom. The van der Waals surface area contributed by atoms with Crippen LogP contribution in [0.3, 0.4) is 0 Å². The lowest BCUT2D eigenvalue weighted by Gasteiger charge is -2.35. The SMILES string of the molecule is CCCN(Cc1c(C)nn(-c2cccc(F)c2)c1N1CCN(C)CC1)C(=O)c1ccccc1Cl. The highest BCUT2D eigenvalue weighted by Gasteiger charge is 2.28. The molecule has 0 N–H and O–H groups in total. The van der Waals surface area contributed by atoms with E-state index in [1.165, 1.54) is 12.1 Å².